The van der Waals surface area contributed by atoms with E-state index in [-0.39, 0.29) is 5.91 Å². The Hall–Kier alpha value is -1.91. The highest BCUT2D eigenvalue weighted by atomic mass is 16.2. The summed E-state index contributed by atoms with van der Waals surface area (Å²) in [6.45, 7) is 7.86. The topological polar surface area (TPSA) is 77.2 Å². The molecule has 25 heavy (non-hydrogen) atoms. The molecule has 2 unspecified atom stereocenters. The van der Waals surface area contributed by atoms with Gasteiger partial charge in [-0.3, -0.25) is 14.6 Å². The second-order valence-electron chi connectivity index (χ2n) is 7.65. The Bertz CT molecular complexity index is 661. The molecule has 1 aliphatic carbocycles. The van der Waals surface area contributed by atoms with Crippen molar-refractivity contribution in [3.8, 4) is 6.07 Å². The lowest BCUT2D eigenvalue weighted by Crippen LogP contribution is -2.55. The fraction of sp³-hybridized carbons (Fsp3) is 0.722. The van der Waals surface area contributed by atoms with Gasteiger partial charge in [-0.15, -0.1) is 0 Å². The molecule has 1 aromatic rings. The molecule has 1 saturated heterocycles. The van der Waals surface area contributed by atoms with Crippen LogP contribution >= 0.6 is 0 Å². The predicted octanol–water partition coefficient (Wildman–Crippen LogP) is 0.735. The van der Waals surface area contributed by atoms with Gasteiger partial charge in [-0.2, -0.15) is 5.26 Å². The van der Waals surface area contributed by atoms with Crippen LogP contribution in [0, 0.1) is 17.2 Å². The van der Waals surface area contributed by atoms with Crippen molar-refractivity contribution in [1.29, 1.82) is 5.26 Å². The lowest BCUT2D eigenvalue weighted by atomic mass is 9.98. The Morgan fingerprint density at radius 3 is 2.80 bits per heavy atom. The monoisotopic (exact) mass is 344 g/mol. The normalized spacial score (nSPS) is 24.5. The van der Waals surface area contributed by atoms with Crippen molar-refractivity contribution >= 4 is 5.91 Å². The van der Waals surface area contributed by atoms with E-state index in [1.165, 1.54) is 0 Å². The molecular formula is C18H28N6O. The summed E-state index contributed by atoms with van der Waals surface area (Å²) in [7, 11) is 2.01. The summed E-state index contributed by atoms with van der Waals surface area (Å²) in [5.41, 5.74) is -0.706. The van der Waals surface area contributed by atoms with Gasteiger partial charge in [-0.05, 0) is 32.6 Å². The van der Waals surface area contributed by atoms with Crippen LogP contribution in [-0.4, -0.2) is 63.0 Å². The largest absolute Gasteiger partial charge is 0.337 e. The predicted molar refractivity (Wildman–Crippen MR) is 94.4 cm³/mol. The molecule has 7 nitrogen and oxygen atoms in total. The molecular weight excluding hydrogens is 316 g/mol. The lowest BCUT2D eigenvalue weighted by Gasteiger charge is -2.39. The van der Waals surface area contributed by atoms with E-state index in [0.29, 0.717) is 18.5 Å². The Morgan fingerprint density at radius 2 is 2.24 bits per heavy atom. The molecule has 2 heterocycles. The molecule has 2 atom stereocenters. The molecule has 1 amide bonds. The van der Waals surface area contributed by atoms with E-state index in [0.717, 1.165) is 44.8 Å². The van der Waals surface area contributed by atoms with Crippen LogP contribution < -0.4 is 5.32 Å². The minimum atomic E-state index is -0.706. The summed E-state index contributed by atoms with van der Waals surface area (Å²) in [6.07, 6.45) is 5.86. The number of hydrogen-bond acceptors (Lipinski definition) is 5. The summed E-state index contributed by atoms with van der Waals surface area (Å²) < 4.78 is 2.05. The number of carbonyl (C=O) groups excluding carboxylic acids is 1. The molecule has 136 valence electrons. The van der Waals surface area contributed by atoms with Crippen molar-refractivity contribution in [3.63, 3.8) is 0 Å². The van der Waals surface area contributed by atoms with Crippen molar-refractivity contribution in [2.75, 3.05) is 26.2 Å². The number of hydrogen-bond donors (Lipinski definition) is 1. The third kappa shape index (κ3) is 4.20. The maximum atomic E-state index is 12.4. The van der Waals surface area contributed by atoms with Crippen LogP contribution in [0.5, 0.6) is 0 Å². The Morgan fingerprint density at radius 1 is 1.48 bits per heavy atom. The highest BCUT2D eigenvalue weighted by Crippen LogP contribution is 2.39. The van der Waals surface area contributed by atoms with E-state index in [2.05, 4.69) is 33.1 Å². The van der Waals surface area contributed by atoms with Crippen LogP contribution in [0.3, 0.4) is 0 Å². The van der Waals surface area contributed by atoms with E-state index in [4.69, 9.17) is 0 Å². The van der Waals surface area contributed by atoms with E-state index in [1.807, 2.05) is 30.9 Å². The number of nitriles is 1. The van der Waals surface area contributed by atoms with Crippen LogP contribution in [0.4, 0.5) is 0 Å². The van der Waals surface area contributed by atoms with Gasteiger partial charge < -0.3 is 9.88 Å². The number of piperazine rings is 1. The third-order valence-corrected chi connectivity index (χ3v) is 5.51. The molecule has 0 radical (unpaired) electrons. The Balaban J connectivity index is 1.48. The highest BCUT2D eigenvalue weighted by molar-refractivity contribution is 5.79. The van der Waals surface area contributed by atoms with Gasteiger partial charge in [0.1, 0.15) is 11.4 Å². The van der Waals surface area contributed by atoms with E-state index in [9.17, 15) is 10.1 Å². The number of aromatic nitrogens is 2. The molecule has 2 fully saturated rings. The number of imidazole rings is 1. The quantitative estimate of drug-likeness (QED) is 0.823. The fourth-order valence-electron chi connectivity index (χ4n) is 3.59. The first-order valence-corrected chi connectivity index (χ1v) is 9.06. The first-order valence-electron chi connectivity index (χ1n) is 9.06. The zero-order valence-corrected chi connectivity index (χ0v) is 15.4. The molecule has 1 aromatic heterocycles. The van der Waals surface area contributed by atoms with Crippen LogP contribution in [-0.2, 0) is 18.4 Å². The molecule has 3 rings (SSSR count). The lowest BCUT2D eigenvalue weighted by molar-refractivity contribution is -0.124. The molecule has 1 aliphatic heterocycles. The summed E-state index contributed by atoms with van der Waals surface area (Å²) in [5.74, 6) is 1.34. The average Bonchev–Trinajstić information content (AvgIpc) is 3.35. The van der Waals surface area contributed by atoms with Gasteiger partial charge in [-0.1, -0.05) is 0 Å². The smallest absolute Gasteiger partial charge is 0.235 e. The molecule has 0 bridgehead atoms. The van der Waals surface area contributed by atoms with Crippen LogP contribution in [0.25, 0.3) is 0 Å². The number of amides is 1. The molecule has 0 aromatic carbocycles. The van der Waals surface area contributed by atoms with Crippen molar-refractivity contribution in [2.24, 2.45) is 13.0 Å². The molecule has 1 N–H and O–H groups in total. The number of aryl methyl sites for hydroxylation is 1. The summed E-state index contributed by atoms with van der Waals surface area (Å²) in [6, 6.07) is 2.65. The van der Waals surface area contributed by atoms with Gasteiger partial charge in [0.25, 0.3) is 0 Å². The van der Waals surface area contributed by atoms with Gasteiger partial charge in [-0.25, -0.2) is 4.98 Å². The number of nitrogens with zero attached hydrogens (tertiary/aromatic N) is 5. The first kappa shape index (κ1) is 17.9. The minimum absolute atomic E-state index is 0.0410. The Kier molecular flexibility index (Phi) is 5.11. The second-order valence-corrected chi connectivity index (χ2v) is 7.65. The highest BCUT2D eigenvalue weighted by Gasteiger charge is 2.43. The summed E-state index contributed by atoms with van der Waals surface area (Å²) in [4.78, 5) is 21.4. The number of rotatable bonds is 6. The summed E-state index contributed by atoms with van der Waals surface area (Å²) in [5, 5.41) is 12.3. The van der Waals surface area contributed by atoms with Crippen molar-refractivity contribution in [3.05, 3.63) is 18.2 Å². The van der Waals surface area contributed by atoms with E-state index in [1.54, 1.807) is 0 Å². The number of carbonyl (C=O) groups is 1. The first-order chi connectivity index (χ1) is 11.9. The maximum absolute atomic E-state index is 12.4. The zero-order valence-electron chi connectivity index (χ0n) is 15.4. The molecule has 2 aliphatic rings. The average molecular weight is 344 g/mol. The SMILES string of the molecule is CC1CN(CC(=O)NC(C)(C#N)C2CC2)CCN1Cc1nccn1C. The van der Waals surface area contributed by atoms with Crippen LogP contribution in [0.1, 0.15) is 32.5 Å². The minimum Gasteiger partial charge on any atom is -0.337 e. The van der Waals surface area contributed by atoms with Crippen molar-refractivity contribution in [2.45, 2.75) is 44.8 Å². The van der Waals surface area contributed by atoms with Gasteiger partial charge in [0.15, 0.2) is 0 Å². The zero-order chi connectivity index (χ0) is 18.0. The van der Waals surface area contributed by atoms with Crippen LogP contribution in [0.2, 0.25) is 0 Å². The van der Waals surface area contributed by atoms with Gasteiger partial charge in [0.05, 0.1) is 19.2 Å². The molecule has 0 spiro atoms. The fourth-order valence-corrected chi connectivity index (χ4v) is 3.59. The molecule has 7 heteroatoms. The van der Waals surface area contributed by atoms with Gasteiger partial charge in [0.2, 0.25) is 5.91 Å². The second kappa shape index (κ2) is 7.14. The standard InChI is InChI=1S/C18H28N6O/c1-14-10-23(8-9-24(14)11-16-20-6-7-22(16)3)12-17(25)21-18(2,13-19)15-4-5-15/h6-7,14-15H,4-5,8-12H2,1-3H3,(H,21,25). The van der Waals surface area contributed by atoms with Crippen molar-refractivity contribution < 1.29 is 4.79 Å². The summed E-state index contributed by atoms with van der Waals surface area (Å²) >= 11 is 0. The van der Waals surface area contributed by atoms with Gasteiger partial charge >= 0.3 is 0 Å². The van der Waals surface area contributed by atoms with Gasteiger partial charge in [0, 0.05) is 45.1 Å². The number of nitrogens with one attached hydrogen (secondary N) is 1. The van der Waals surface area contributed by atoms with Crippen molar-refractivity contribution in [1.82, 2.24) is 24.7 Å². The maximum Gasteiger partial charge on any atom is 0.235 e. The third-order valence-electron chi connectivity index (χ3n) is 5.51. The molecule has 1 saturated carbocycles. The van der Waals surface area contributed by atoms with E-state index < -0.39 is 5.54 Å². The Labute approximate surface area is 149 Å². The van der Waals surface area contributed by atoms with E-state index >= 15 is 0 Å². The van der Waals surface area contributed by atoms with Crippen LogP contribution in [0.15, 0.2) is 12.4 Å².